The summed E-state index contributed by atoms with van der Waals surface area (Å²) in [6.45, 7) is -0.0395. The smallest absolute Gasteiger partial charge is 0.355 e. The topological polar surface area (TPSA) is 108 Å². The number of hydrogen-bond acceptors (Lipinski definition) is 7. The zero-order valence-corrected chi connectivity index (χ0v) is 15.5. The van der Waals surface area contributed by atoms with Gasteiger partial charge in [-0.25, -0.2) is 9.78 Å². The van der Waals surface area contributed by atoms with Crippen molar-refractivity contribution in [1.82, 2.24) is 14.5 Å². The molecule has 1 fully saturated rings. The number of β-lactam (4-membered cyclic amide) rings is 1. The van der Waals surface area contributed by atoms with Crippen LogP contribution >= 0.6 is 11.8 Å². The molecule has 2 aliphatic rings. The quantitative estimate of drug-likeness (QED) is 0.250. The lowest BCUT2D eigenvalue weighted by molar-refractivity contribution is -0.384. The van der Waals surface area contributed by atoms with E-state index in [1.54, 1.807) is 28.6 Å². The predicted molar refractivity (Wildman–Crippen MR) is 100 cm³/mol. The van der Waals surface area contributed by atoms with Crippen molar-refractivity contribution in [3.8, 4) is 0 Å². The summed E-state index contributed by atoms with van der Waals surface area (Å²) in [5.74, 6) is -0.863. The maximum Gasteiger partial charge on any atom is 0.355 e. The molecule has 2 aliphatic heterocycles. The van der Waals surface area contributed by atoms with Gasteiger partial charge in [0.05, 0.1) is 22.5 Å². The van der Waals surface area contributed by atoms with Crippen molar-refractivity contribution < 1.29 is 19.2 Å². The van der Waals surface area contributed by atoms with Gasteiger partial charge in [0, 0.05) is 30.8 Å². The molecule has 4 rings (SSSR count). The van der Waals surface area contributed by atoms with Gasteiger partial charge >= 0.3 is 5.97 Å². The molecular formula is C18H14N4O5S. The highest BCUT2D eigenvalue weighted by atomic mass is 32.2. The Morgan fingerprint density at radius 3 is 2.79 bits per heavy atom. The van der Waals surface area contributed by atoms with Gasteiger partial charge in [0.25, 0.3) is 11.6 Å². The molecule has 0 spiro atoms. The molecule has 10 heteroatoms. The molecule has 0 saturated carbocycles. The van der Waals surface area contributed by atoms with E-state index >= 15 is 0 Å². The number of nitro benzene ring substituents is 1. The summed E-state index contributed by atoms with van der Waals surface area (Å²) in [4.78, 5) is 40.5. The Kier molecular flexibility index (Phi) is 4.47. The normalized spacial score (nSPS) is 19.2. The third-order valence-electron chi connectivity index (χ3n) is 4.29. The maximum atomic E-state index is 12.4. The minimum Gasteiger partial charge on any atom is -0.456 e. The molecule has 1 amide bonds. The van der Waals surface area contributed by atoms with E-state index in [0.717, 1.165) is 0 Å². The Labute approximate surface area is 163 Å². The number of carbonyl (C=O) groups excluding carboxylic acids is 2. The minimum atomic E-state index is -0.612. The number of aromatic nitrogens is 2. The lowest BCUT2D eigenvalue weighted by atomic mass is 10.0. The van der Waals surface area contributed by atoms with E-state index in [2.05, 4.69) is 4.98 Å². The van der Waals surface area contributed by atoms with Crippen LogP contribution in [0.3, 0.4) is 0 Å². The molecular weight excluding hydrogens is 384 g/mol. The number of esters is 1. The van der Waals surface area contributed by atoms with Crippen LogP contribution in [0.25, 0.3) is 6.08 Å². The maximum absolute atomic E-state index is 12.4. The number of fused-ring (bicyclic) bond motifs is 1. The zero-order valence-electron chi connectivity index (χ0n) is 14.6. The Bertz CT molecular complexity index is 1040. The number of rotatable bonds is 5. The first-order chi connectivity index (χ1) is 13.4. The molecule has 1 aromatic carbocycles. The van der Waals surface area contributed by atoms with Crippen LogP contribution < -0.4 is 0 Å². The molecule has 0 radical (unpaired) electrons. The number of imidazole rings is 1. The third-order valence-corrected chi connectivity index (χ3v) is 5.37. The molecule has 1 unspecified atom stereocenters. The second-order valence-electron chi connectivity index (χ2n) is 6.23. The number of benzene rings is 1. The Morgan fingerprint density at radius 1 is 1.39 bits per heavy atom. The van der Waals surface area contributed by atoms with Crippen LogP contribution in [0.4, 0.5) is 5.69 Å². The van der Waals surface area contributed by atoms with Gasteiger partial charge in [0.15, 0.2) is 0 Å². The Morgan fingerprint density at radius 2 is 2.14 bits per heavy atom. The van der Waals surface area contributed by atoms with Gasteiger partial charge in [-0.1, -0.05) is 0 Å². The monoisotopic (exact) mass is 398 g/mol. The average Bonchev–Trinajstić information content (AvgIpc) is 3.28. The number of amides is 1. The number of thioether (sulfide) groups is 1. The van der Waals surface area contributed by atoms with Gasteiger partial charge in [0.1, 0.15) is 17.7 Å². The van der Waals surface area contributed by atoms with Crippen LogP contribution in [0.2, 0.25) is 0 Å². The fourth-order valence-electron chi connectivity index (χ4n) is 2.86. The molecule has 9 nitrogen and oxygen atoms in total. The lowest BCUT2D eigenvalue weighted by Crippen LogP contribution is -2.51. The first-order valence-electron chi connectivity index (χ1n) is 8.23. The summed E-state index contributed by atoms with van der Waals surface area (Å²) >= 11 is 1.36. The summed E-state index contributed by atoms with van der Waals surface area (Å²) in [5.41, 5.74) is 2.04. The van der Waals surface area contributed by atoms with E-state index in [-0.39, 0.29) is 29.3 Å². The molecule has 1 atom stereocenters. The van der Waals surface area contributed by atoms with Crippen molar-refractivity contribution in [1.29, 1.82) is 0 Å². The number of nitro groups is 1. The van der Waals surface area contributed by atoms with Gasteiger partial charge in [-0.3, -0.25) is 19.8 Å². The molecule has 1 saturated heterocycles. The molecule has 3 heterocycles. The molecule has 0 aliphatic carbocycles. The molecule has 2 aromatic rings. The standard InChI is InChI=1S/C18H14N4O5S/c1-20-7-12(19-10-20)6-14-16(23)21-15(9-28-17(14)21)18(24)27-8-11-2-4-13(5-3-11)22(25)26/h2-7,9-10,17H,8H2,1H3/b14-6-. The second-order valence-corrected chi connectivity index (χ2v) is 7.18. The van der Waals surface area contributed by atoms with Crippen molar-refractivity contribution in [2.45, 2.75) is 12.0 Å². The van der Waals surface area contributed by atoms with Gasteiger partial charge in [-0.05, 0) is 23.8 Å². The molecule has 28 heavy (non-hydrogen) atoms. The van der Waals surface area contributed by atoms with Gasteiger partial charge in [-0.2, -0.15) is 0 Å². The summed E-state index contributed by atoms with van der Waals surface area (Å²) < 4.78 is 7.04. The van der Waals surface area contributed by atoms with Crippen LogP contribution in [0.15, 0.2) is 53.5 Å². The van der Waals surface area contributed by atoms with Crippen molar-refractivity contribution in [3.63, 3.8) is 0 Å². The highest BCUT2D eigenvalue weighted by molar-refractivity contribution is 8.03. The van der Waals surface area contributed by atoms with Crippen molar-refractivity contribution >= 4 is 35.4 Å². The summed E-state index contributed by atoms with van der Waals surface area (Å²) in [5, 5.41) is 12.0. The Hall–Kier alpha value is -3.40. The number of nitrogens with zero attached hydrogens (tertiary/aromatic N) is 4. The van der Waals surface area contributed by atoms with Crippen LogP contribution in [0.5, 0.6) is 0 Å². The van der Waals surface area contributed by atoms with E-state index in [1.807, 2.05) is 7.05 Å². The fourth-order valence-corrected chi connectivity index (χ4v) is 3.98. The Balaban J connectivity index is 1.38. The van der Waals surface area contributed by atoms with Gasteiger partial charge < -0.3 is 9.30 Å². The summed E-state index contributed by atoms with van der Waals surface area (Å²) in [6, 6.07) is 5.73. The number of hydrogen-bond donors (Lipinski definition) is 0. The van der Waals surface area contributed by atoms with Crippen molar-refractivity contribution in [3.05, 3.63) is 74.8 Å². The van der Waals surface area contributed by atoms with Gasteiger partial charge in [0.2, 0.25) is 0 Å². The largest absolute Gasteiger partial charge is 0.456 e. The van der Waals surface area contributed by atoms with E-state index in [0.29, 0.717) is 16.8 Å². The fraction of sp³-hybridized carbons (Fsp3) is 0.167. The zero-order chi connectivity index (χ0) is 19.8. The SMILES string of the molecule is Cn1cnc(/C=C2/C(=O)N3C(C(=O)OCc4ccc([N+](=O)[O-])cc4)=CSC23)c1. The molecule has 0 N–H and O–H groups in total. The van der Waals surface area contributed by atoms with Crippen molar-refractivity contribution in [2.24, 2.45) is 7.05 Å². The number of aryl methyl sites for hydroxylation is 1. The van der Waals surface area contributed by atoms with Crippen LogP contribution in [0, 0.1) is 10.1 Å². The van der Waals surface area contributed by atoms with Crippen LogP contribution in [0.1, 0.15) is 11.3 Å². The third kappa shape index (κ3) is 3.18. The summed E-state index contributed by atoms with van der Waals surface area (Å²) in [7, 11) is 1.84. The van der Waals surface area contributed by atoms with E-state index in [9.17, 15) is 19.7 Å². The highest BCUT2D eigenvalue weighted by Crippen LogP contribution is 2.45. The van der Waals surface area contributed by atoms with Crippen LogP contribution in [-0.2, 0) is 28.0 Å². The predicted octanol–water partition coefficient (Wildman–Crippen LogP) is 2.21. The van der Waals surface area contributed by atoms with E-state index in [4.69, 9.17) is 4.74 Å². The first kappa shape index (κ1) is 18.0. The molecule has 142 valence electrons. The minimum absolute atomic E-state index is 0.0359. The van der Waals surface area contributed by atoms with Gasteiger partial charge in [-0.15, -0.1) is 11.8 Å². The number of carbonyl (C=O) groups is 2. The second kappa shape index (κ2) is 6.97. The highest BCUT2D eigenvalue weighted by Gasteiger charge is 2.49. The molecule has 0 bridgehead atoms. The first-order valence-corrected chi connectivity index (χ1v) is 9.17. The van der Waals surface area contributed by atoms with Crippen molar-refractivity contribution in [2.75, 3.05) is 0 Å². The van der Waals surface area contributed by atoms with Crippen LogP contribution in [-0.4, -0.2) is 36.6 Å². The number of ether oxygens (including phenoxy) is 1. The summed E-state index contributed by atoms with van der Waals surface area (Å²) in [6.07, 6.45) is 5.17. The molecule has 1 aromatic heterocycles. The van der Waals surface area contributed by atoms with E-state index < -0.39 is 10.9 Å². The van der Waals surface area contributed by atoms with E-state index in [1.165, 1.54) is 40.9 Å². The average molecular weight is 398 g/mol. The lowest BCUT2D eigenvalue weighted by Gasteiger charge is -2.37. The number of non-ortho nitro benzene ring substituents is 1.